The van der Waals surface area contributed by atoms with Crippen molar-refractivity contribution in [3.05, 3.63) is 30.2 Å². The number of fused-ring (bicyclic) bond motifs is 1. The molecule has 0 atom stereocenters. The van der Waals surface area contributed by atoms with Crippen molar-refractivity contribution < 1.29 is 0 Å². The van der Waals surface area contributed by atoms with Crippen LogP contribution in [-0.4, -0.2) is 14.6 Å². The van der Waals surface area contributed by atoms with Crippen LogP contribution in [0.25, 0.3) is 5.65 Å². The molecule has 2 aromatic rings. The van der Waals surface area contributed by atoms with Crippen LogP contribution in [0.3, 0.4) is 0 Å². The van der Waals surface area contributed by atoms with E-state index in [0.717, 1.165) is 5.65 Å². The third-order valence-electron chi connectivity index (χ3n) is 3.09. The summed E-state index contributed by atoms with van der Waals surface area (Å²) in [7, 11) is 0. The summed E-state index contributed by atoms with van der Waals surface area (Å²) in [6.07, 6.45) is 9.04. The summed E-state index contributed by atoms with van der Waals surface area (Å²) in [5.74, 6) is 0.695. The molecule has 1 aliphatic rings. The van der Waals surface area contributed by atoms with E-state index in [4.69, 9.17) is 0 Å². The zero-order valence-corrected chi connectivity index (χ0v) is 8.06. The second-order valence-electron chi connectivity index (χ2n) is 3.95. The zero-order chi connectivity index (χ0) is 9.38. The number of nitrogens with zero attached hydrogens (tertiary/aromatic N) is 3. The molecule has 14 heavy (non-hydrogen) atoms. The van der Waals surface area contributed by atoms with Crippen molar-refractivity contribution in [3.63, 3.8) is 0 Å². The third-order valence-corrected chi connectivity index (χ3v) is 3.09. The van der Waals surface area contributed by atoms with Crippen LogP contribution in [0, 0.1) is 0 Å². The minimum absolute atomic E-state index is 0.695. The quantitative estimate of drug-likeness (QED) is 0.686. The maximum absolute atomic E-state index is 4.32. The van der Waals surface area contributed by atoms with Gasteiger partial charge in [0.15, 0.2) is 5.65 Å². The van der Waals surface area contributed by atoms with Gasteiger partial charge in [0.05, 0.1) is 6.20 Å². The summed E-state index contributed by atoms with van der Waals surface area (Å²) in [4.78, 5) is 4.27. The van der Waals surface area contributed by atoms with Crippen molar-refractivity contribution in [2.45, 2.75) is 31.6 Å². The smallest absolute Gasteiger partial charge is 0.155 e. The molecule has 3 heteroatoms. The lowest BCUT2D eigenvalue weighted by Gasteiger charge is -2.10. The van der Waals surface area contributed by atoms with Gasteiger partial charge in [-0.15, -0.1) is 0 Å². The van der Waals surface area contributed by atoms with Crippen LogP contribution in [0.15, 0.2) is 24.5 Å². The van der Waals surface area contributed by atoms with Gasteiger partial charge in [-0.2, -0.15) is 5.10 Å². The molecule has 3 nitrogen and oxygen atoms in total. The first-order valence-electron chi connectivity index (χ1n) is 5.24. The molecule has 2 aromatic heterocycles. The van der Waals surface area contributed by atoms with Gasteiger partial charge < -0.3 is 0 Å². The maximum Gasteiger partial charge on any atom is 0.155 e. The molecule has 0 bridgehead atoms. The van der Waals surface area contributed by atoms with Gasteiger partial charge in [0, 0.05) is 23.9 Å². The lowest BCUT2D eigenvalue weighted by Crippen LogP contribution is -2.03. The lowest BCUT2D eigenvalue weighted by molar-refractivity contribution is 0.661. The van der Waals surface area contributed by atoms with E-state index in [9.17, 15) is 0 Å². The highest BCUT2D eigenvalue weighted by Crippen LogP contribution is 2.33. The van der Waals surface area contributed by atoms with Crippen molar-refractivity contribution >= 4 is 5.65 Å². The Balaban J connectivity index is 2.14. The van der Waals surface area contributed by atoms with Crippen molar-refractivity contribution in [3.8, 4) is 0 Å². The first kappa shape index (κ1) is 7.97. The van der Waals surface area contributed by atoms with Gasteiger partial charge in [0.25, 0.3) is 0 Å². The van der Waals surface area contributed by atoms with Crippen molar-refractivity contribution in [2.75, 3.05) is 0 Å². The van der Waals surface area contributed by atoms with Crippen LogP contribution in [0.2, 0.25) is 0 Å². The van der Waals surface area contributed by atoms with Gasteiger partial charge in [-0.1, -0.05) is 12.8 Å². The lowest BCUT2D eigenvalue weighted by atomic mass is 10.0. The predicted molar refractivity (Wildman–Crippen MR) is 54.2 cm³/mol. The largest absolute Gasteiger partial charge is 0.237 e. The fourth-order valence-electron chi connectivity index (χ4n) is 2.38. The van der Waals surface area contributed by atoms with Crippen LogP contribution in [0.1, 0.15) is 37.3 Å². The van der Waals surface area contributed by atoms with Crippen LogP contribution in [-0.2, 0) is 0 Å². The summed E-state index contributed by atoms with van der Waals surface area (Å²) in [5.41, 5.74) is 2.30. The molecule has 0 spiro atoms. The molecule has 2 heterocycles. The molecule has 3 rings (SSSR count). The molecule has 0 aliphatic heterocycles. The van der Waals surface area contributed by atoms with Crippen LogP contribution in [0.5, 0.6) is 0 Å². The molecule has 0 unspecified atom stereocenters. The second-order valence-corrected chi connectivity index (χ2v) is 3.95. The zero-order valence-electron chi connectivity index (χ0n) is 8.06. The molecule has 1 saturated carbocycles. The molecule has 0 saturated heterocycles. The van der Waals surface area contributed by atoms with E-state index >= 15 is 0 Å². The fraction of sp³-hybridized carbons (Fsp3) is 0.455. The summed E-state index contributed by atoms with van der Waals surface area (Å²) < 4.78 is 1.98. The van der Waals surface area contributed by atoms with E-state index < -0.39 is 0 Å². The normalized spacial score (nSPS) is 18.0. The minimum Gasteiger partial charge on any atom is -0.237 e. The van der Waals surface area contributed by atoms with Crippen molar-refractivity contribution in [1.29, 1.82) is 0 Å². The SMILES string of the molecule is c1cc(C2CCCC2)n2nccc2n1. The van der Waals surface area contributed by atoms with Gasteiger partial charge in [0.1, 0.15) is 0 Å². The summed E-state index contributed by atoms with van der Waals surface area (Å²) >= 11 is 0. The minimum atomic E-state index is 0.695. The Bertz CT molecular complexity index is 440. The van der Waals surface area contributed by atoms with Gasteiger partial charge >= 0.3 is 0 Å². The molecule has 1 aliphatic carbocycles. The molecule has 0 aromatic carbocycles. The van der Waals surface area contributed by atoms with E-state index in [-0.39, 0.29) is 0 Å². The summed E-state index contributed by atoms with van der Waals surface area (Å²) in [5, 5.41) is 4.32. The van der Waals surface area contributed by atoms with Crippen molar-refractivity contribution in [2.24, 2.45) is 0 Å². The first-order chi connectivity index (χ1) is 6.95. The number of rotatable bonds is 1. The standard InChI is InChI=1S/C11H13N3/c1-2-4-9(3-1)10-5-7-12-11-6-8-13-14(10)11/h5-9H,1-4H2. The molecule has 0 N–H and O–H groups in total. The Morgan fingerprint density at radius 1 is 1.14 bits per heavy atom. The Hall–Kier alpha value is -1.38. The topological polar surface area (TPSA) is 30.2 Å². The van der Waals surface area contributed by atoms with Crippen LogP contribution < -0.4 is 0 Å². The summed E-state index contributed by atoms with van der Waals surface area (Å²) in [6, 6.07) is 4.06. The van der Waals surface area contributed by atoms with E-state index in [1.165, 1.54) is 31.4 Å². The fourth-order valence-corrected chi connectivity index (χ4v) is 2.38. The summed E-state index contributed by atoms with van der Waals surface area (Å²) in [6.45, 7) is 0. The van der Waals surface area contributed by atoms with E-state index in [2.05, 4.69) is 16.1 Å². The number of aromatic nitrogens is 3. The molecule has 0 radical (unpaired) electrons. The van der Waals surface area contributed by atoms with Crippen LogP contribution in [0.4, 0.5) is 0 Å². The molecule has 72 valence electrons. The highest BCUT2D eigenvalue weighted by molar-refractivity contribution is 5.37. The Kier molecular flexibility index (Phi) is 1.76. The predicted octanol–water partition coefficient (Wildman–Crippen LogP) is 2.39. The Morgan fingerprint density at radius 3 is 2.86 bits per heavy atom. The van der Waals surface area contributed by atoms with Gasteiger partial charge in [-0.25, -0.2) is 9.50 Å². The van der Waals surface area contributed by atoms with Gasteiger partial charge in [-0.3, -0.25) is 0 Å². The van der Waals surface area contributed by atoms with E-state index in [0.29, 0.717) is 5.92 Å². The monoisotopic (exact) mass is 187 g/mol. The van der Waals surface area contributed by atoms with E-state index in [1.54, 1.807) is 0 Å². The highest BCUT2D eigenvalue weighted by Gasteiger charge is 2.19. The third kappa shape index (κ3) is 1.12. The molecule has 0 amide bonds. The Labute approximate surface area is 82.8 Å². The average Bonchev–Trinajstić information content (AvgIpc) is 2.88. The van der Waals surface area contributed by atoms with Crippen LogP contribution >= 0.6 is 0 Å². The maximum atomic E-state index is 4.32. The Morgan fingerprint density at radius 2 is 2.00 bits per heavy atom. The second kappa shape index (κ2) is 3.08. The number of hydrogen-bond acceptors (Lipinski definition) is 2. The van der Waals surface area contributed by atoms with Crippen molar-refractivity contribution in [1.82, 2.24) is 14.6 Å². The first-order valence-corrected chi connectivity index (χ1v) is 5.24. The van der Waals surface area contributed by atoms with Gasteiger partial charge in [0.2, 0.25) is 0 Å². The number of hydrogen-bond donors (Lipinski definition) is 0. The average molecular weight is 187 g/mol. The molecule has 1 fully saturated rings. The molecular formula is C11H13N3. The van der Waals surface area contributed by atoms with E-state index in [1.807, 2.05) is 23.0 Å². The molecular weight excluding hydrogens is 174 g/mol. The highest BCUT2D eigenvalue weighted by atomic mass is 15.2. The van der Waals surface area contributed by atoms with Gasteiger partial charge in [-0.05, 0) is 18.9 Å².